The van der Waals surface area contributed by atoms with Crippen molar-refractivity contribution in [1.29, 1.82) is 0 Å². The number of urea groups is 1. The number of amides is 2. The number of carbonyl (C=O) groups excluding carboxylic acids is 1. The Hall–Kier alpha value is -2.04. The second-order valence-corrected chi connectivity index (χ2v) is 5.03. The number of nitrogens with zero attached hydrogens (tertiary/aromatic N) is 1. The van der Waals surface area contributed by atoms with Gasteiger partial charge in [0, 0.05) is 12.7 Å². The zero-order valence-corrected chi connectivity index (χ0v) is 12.5. The summed E-state index contributed by atoms with van der Waals surface area (Å²) in [6.45, 7) is 3.06. The monoisotopic (exact) mass is 289 g/mol. The number of hydrogen-bond acceptors (Lipinski definition) is 3. The number of aromatic nitrogens is 1. The molecule has 0 saturated carbocycles. The van der Waals surface area contributed by atoms with Crippen LogP contribution in [0.1, 0.15) is 39.0 Å². The van der Waals surface area contributed by atoms with Crippen molar-refractivity contribution in [3.63, 3.8) is 0 Å². The van der Waals surface area contributed by atoms with Gasteiger partial charge in [0.25, 0.3) is 0 Å². The van der Waals surface area contributed by atoms with E-state index in [-0.39, 0.29) is 6.03 Å². The van der Waals surface area contributed by atoms with Crippen molar-refractivity contribution in [2.75, 3.05) is 18.5 Å². The predicted molar refractivity (Wildman–Crippen MR) is 83.6 cm³/mol. The van der Waals surface area contributed by atoms with E-state index < -0.39 is 0 Å². The maximum Gasteiger partial charge on any atom is 0.319 e. The Labute approximate surface area is 125 Å². The van der Waals surface area contributed by atoms with Gasteiger partial charge in [-0.1, -0.05) is 11.6 Å². The fourth-order valence-electron chi connectivity index (χ4n) is 2.37. The average molecular weight is 289 g/mol. The molecule has 0 aromatic carbocycles. The van der Waals surface area contributed by atoms with Crippen LogP contribution in [-0.2, 0) is 0 Å². The van der Waals surface area contributed by atoms with Crippen LogP contribution in [0.25, 0.3) is 0 Å². The molecule has 1 aliphatic carbocycles. The smallest absolute Gasteiger partial charge is 0.319 e. The molecule has 1 aromatic rings. The molecular weight excluding hydrogens is 266 g/mol. The molecule has 0 bridgehead atoms. The summed E-state index contributed by atoms with van der Waals surface area (Å²) in [5.74, 6) is 0.449. The minimum Gasteiger partial charge on any atom is -0.476 e. The Morgan fingerprint density at radius 3 is 3.10 bits per heavy atom. The van der Waals surface area contributed by atoms with Gasteiger partial charge in [-0.2, -0.15) is 0 Å². The minimum absolute atomic E-state index is 0.222. The number of pyridine rings is 1. The summed E-state index contributed by atoms with van der Waals surface area (Å²) >= 11 is 0. The lowest BCUT2D eigenvalue weighted by Crippen LogP contribution is -2.30. The van der Waals surface area contributed by atoms with E-state index in [4.69, 9.17) is 4.74 Å². The first-order valence-electron chi connectivity index (χ1n) is 7.60. The fraction of sp³-hybridized carbons (Fsp3) is 0.500. The van der Waals surface area contributed by atoms with Gasteiger partial charge in [-0.15, -0.1) is 0 Å². The van der Waals surface area contributed by atoms with Crippen molar-refractivity contribution < 1.29 is 9.53 Å². The van der Waals surface area contributed by atoms with E-state index >= 15 is 0 Å². The molecule has 5 heteroatoms. The summed E-state index contributed by atoms with van der Waals surface area (Å²) in [6, 6.07) is 3.33. The third-order valence-electron chi connectivity index (χ3n) is 3.42. The summed E-state index contributed by atoms with van der Waals surface area (Å²) in [5, 5.41) is 5.65. The molecule has 1 aliphatic rings. The number of nitrogens with one attached hydrogen (secondary N) is 2. The largest absolute Gasteiger partial charge is 0.476 e. The predicted octanol–water partition coefficient (Wildman–Crippen LogP) is 3.49. The number of rotatable bonds is 6. The highest BCUT2D eigenvalue weighted by Gasteiger charge is 2.08. The molecule has 2 rings (SSSR count). The van der Waals surface area contributed by atoms with E-state index in [1.54, 1.807) is 18.3 Å². The molecule has 0 radical (unpaired) electrons. The molecule has 0 aliphatic heterocycles. The number of anilines is 1. The van der Waals surface area contributed by atoms with Crippen molar-refractivity contribution in [3.05, 3.63) is 30.0 Å². The molecule has 0 unspecified atom stereocenters. The molecule has 1 heterocycles. The second-order valence-electron chi connectivity index (χ2n) is 5.03. The Kier molecular flexibility index (Phi) is 6.06. The van der Waals surface area contributed by atoms with E-state index in [2.05, 4.69) is 21.7 Å². The van der Waals surface area contributed by atoms with Crippen LogP contribution in [0.4, 0.5) is 10.5 Å². The molecular formula is C16H23N3O2. The summed E-state index contributed by atoms with van der Waals surface area (Å²) in [5.41, 5.74) is 2.05. The first-order valence-corrected chi connectivity index (χ1v) is 7.60. The maximum atomic E-state index is 11.9. The van der Waals surface area contributed by atoms with Crippen LogP contribution in [0.2, 0.25) is 0 Å². The first-order chi connectivity index (χ1) is 10.3. The lowest BCUT2D eigenvalue weighted by Gasteiger charge is -2.14. The zero-order chi connectivity index (χ0) is 14.9. The average Bonchev–Trinajstić information content (AvgIpc) is 2.50. The van der Waals surface area contributed by atoms with Gasteiger partial charge in [-0.25, -0.2) is 9.78 Å². The van der Waals surface area contributed by atoms with Crippen molar-refractivity contribution in [2.45, 2.75) is 39.0 Å². The SMILES string of the molecule is CCOc1ncccc1NC(=O)NCCC1=CCCCC1. The Morgan fingerprint density at radius 1 is 1.43 bits per heavy atom. The lowest BCUT2D eigenvalue weighted by atomic mass is 9.97. The maximum absolute atomic E-state index is 11.9. The molecule has 0 atom stereocenters. The highest BCUT2D eigenvalue weighted by atomic mass is 16.5. The standard InChI is InChI=1S/C16H23N3O2/c1-2-21-15-14(9-6-11-17-15)19-16(20)18-12-10-13-7-4-3-5-8-13/h6-7,9,11H,2-5,8,10,12H2,1H3,(H2,18,19,20). The molecule has 2 N–H and O–H groups in total. The van der Waals surface area contributed by atoms with Gasteiger partial charge in [0.2, 0.25) is 5.88 Å². The quantitative estimate of drug-likeness (QED) is 0.788. The van der Waals surface area contributed by atoms with E-state index in [1.165, 1.54) is 31.3 Å². The molecule has 0 saturated heterocycles. The van der Waals surface area contributed by atoms with Gasteiger partial charge in [0.1, 0.15) is 5.69 Å². The number of carbonyl (C=O) groups is 1. The van der Waals surface area contributed by atoms with E-state index in [0.29, 0.717) is 24.7 Å². The van der Waals surface area contributed by atoms with Crippen LogP contribution in [0.3, 0.4) is 0 Å². The van der Waals surface area contributed by atoms with Crippen molar-refractivity contribution in [1.82, 2.24) is 10.3 Å². The summed E-state index contributed by atoms with van der Waals surface area (Å²) in [6.07, 6.45) is 9.78. The first kappa shape index (κ1) is 15.4. The Bertz CT molecular complexity index is 500. The molecule has 0 spiro atoms. The Morgan fingerprint density at radius 2 is 2.33 bits per heavy atom. The third-order valence-corrected chi connectivity index (χ3v) is 3.42. The van der Waals surface area contributed by atoms with Gasteiger partial charge >= 0.3 is 6.03 Å². The normalized spacial score (nSPS) is 14.2. The molecule has 21 heavy (non-hydrogen) atoms. The molecule has 114 valence electrons. The van der Waals surface area contributed by atoms with E-state index in [1.807, 2.05) is 6.92 Å². The number of allylic oxidation sites excluding steroid dienone is 1. The van der Waals surface area contributed by atoms with Gasteiger partial charge in [-0.3, -0.25) is 0 Å². The van der Waals surface area contributed by atoms with Crippen LogP contribution in [0, 0.1) is 0 Å². The van der Waals surface area contributed by atoms with E-state index in [9.17, 15) is 4.79 Å². The molecule has 1 aromatic heterocycles. The van der Waals surface area contributed by atoms with E-state index in [0.717, 1.165) is 6.42 Å². The van der Waals surface area contributed by atoms with Gasteiger partial charge < -0.3 is 15.4 Å². The molecule has 0 fully saturated rings. The van der Waals surface area contributed by atoms with Gasteiger partial charge in [-0.05, 0) is 51.2 Å². The summed E-state index contributed by atoms with van der Waals surface area (Å²) in [4.78, 5) is 16.0. The van der Waals surface area contributed by atoms with Crippen molar-refractivity contribution >= 4 is 11.7 Å². The van der Waals surface area contributed by atoms with Crippen LogP contribution in [0.15, 0.2) is 30.0 Å². The van der Waals surface area contributed by atoms with Crippen molar-refractivity contribution in [2.24, 2.45) is 0 Å². The summed E-state index contributed by atoms with van der Waals surface area (Å²) < 4.78 is 5.37. The van der Waals surface area contributed by atoms with Crippen molar-refractivity contribution in [3.8, 4) is 5.88 Å². The lowest BCUT2D eigenvalue weighted by molar-refractivity contribution is 0.252. The topological polar surface area (TPSA) is 63.2 Å². The zero-order valence-electron chi connectivity index (χ0n) is 12.5. The van der Waals surface area contributed by atoms with Crippen LogP contribution in [-0.4, -0.2) is 24.2 Å². The minimum atomic E-state index is -0.222. The summed E-state index contributed by atoms with van der Waals surface area (Å²) in [7, 11) is 0. The molecule has 2 amide bonds. The highest BCUT2D eigenvalue weighted by molar-refractivity contribution is 5.90. The highest BCUT2D eigenvalue weighted by Crippen LogP contribution is 2.21. The van der Waals surface area contributed by atoms with Gasteiger partial charge in [0.15, 0.2) is 0 Å². The van der Waals surface area contributed by atoms with Gasteiger partial charge in [0.05, 0.1) is 6.61 Å². The second kappa shape index (κ2) is 8.29. The Balaban J connectivity index is 1.77. The fourth-order valence-corrected chi connectivity index (χ4v) is 2.37. The van der Waals surface area contributed by atoms with Crippen LogP contribution in [0.5, 0.6) is 5.88 Å². The number of ether oxygens (including phenoxy) is 1. The number of hydrogen-bond donors (Lipinski definition) is 2. The van der Waals surface area contributed by atoms with Crippen LogP contribution >= 0.6 is 0 Å². The third kappa shape index (κ3) is 5.10. The van der Waals surface area contributed by atoms with Crippen LogP contribution < -0.4 is 15.4 Å². The molecule has 5 nitrogen and oxygen atoms in total.